The van der Waals surface area contributed by atoms with Crippen LogP contribution in [0.3, 0.4) is 0 Å². The van der Waals surface area contributed by atoms with E-state index in [1.165, 1.54) is 24.6 Å². The summed E-state index contributed by atoms with van der Waals surface area (Å²) < 4.78 is 42.2. The Labute approximate surface area is 102 Å². The smallest absolute Gasteiger partial charge is 0.416 e. The van der Waals surface area contributed by atoms with Crippen molar-refractivity contribution in [1.82, 2.24) is 4.98 Å². The summed E-state index contributed by atoms with van der Waals surface area (Å²) in [6, 6.07) is 4.97. The maximum Gasteiger partial charge on any atom is 0.416 e. The molecule has 0 saturated carbocycles. The number of halogens is 3. The molecule has 0 spiro atoms. The van der Waals surface area contributed by atoms with Crippen LogP contribution in [0.5, 0.6) is 0 Å². The first-order valence-corrected chi connectivity index (χ1v) is 5.22. The molecule has 0 fully saturated rings. The quantitative estimate of drug-likeness (QED) is 0.799. The predicted octanol–water partition coefficient (Wildman–Crippen LogP) is 4.25. The van der Waals surface area contributed by atoms with E-state index in [1.54, 1.807) is 13.0 Å². The van der Waals surface area contributed by atoms with Crippen LogP contribution in [0.25, 0.3) is 11.6 Å². The summed E-state index contributed by atoms with van der Waals surface area (Å²) in [5, 5.41) is 0. The molecule has 0 aliphatic rings. The second kappa shape index (κ2) is 4.68. The van der Waals surface area contributed by atoms with Crippen molar-refractivity contribution in [2.45, 2.75) is 13.1 Å². The zero-order chi connectivity index (χ0) is 13.2. The maximum atomic E-state index is 12.4. The number of hydrogen-bond acceptors (Lipinski definition) is 2. The fraction of sp³-hybridized carbons (Fsp3) is 0.154. The topological polar surface area (TPSA) is 26.0 Å². The van der Waals surface area contributed by atoms with Crippen molar-refractivity contribution in [3.05, 3.63) is 53.7 Å². The van der Waals surface area contributed by atoms with Crippen LogP contribution < -0.4 is 0 Å². The summed E-state index contributed by atoms with van der Waals surface area (Å²) in [6.45, 7) is 1.78. The molecule has 1 aromatic carbocycles. The van der Waals surface area contributed by atoms with Gasteiger partial charge >= 0.3 is 6.18 Å². The number of hydrogen-bond donors (Lipinski definition) is 0. The van der Waals surface area contributed by atoms with Gasteiger partial charge in [-0.1, -0.05) is 12.1 Å². The summed E-state index contributed by atoms with van der Waals surface area (Å²) in [6.07, 6.45) is 0.305. The predicted molar refractivity (Wildman–Crippen MR) is 61.5 cm³/mol. The van der Waals surface area contributed by atoms with E-state index in [2.05, 4.69) is 4.98 Å². The summed E-state index contributed by atoms with van der Waals surface area (Å²) in [5.41, 5.74) is 0.822. The summed E-state index contributed by atoms with van der Waals surface area (Å²) in [7, 11) is 0. The van der Waals surface area contributed by atoms with E-state index in [-0.39, 0.29) is 0 Å². The Bertz CT molecular complexity index is 539. The van der Waals surface area contributed by atoms with Gasteiger partial charge in [0.05, 0.1) is 11.8 Å². The minimum absolute atomic E-state index is 0.424. The first-order chi connectivity index (χ1) is 8.47. The molecular formula is C13H10F3NO. The van der Waals surface area contributed by atoms with Gasteiger partial charge < -0.3 is 4.42 Å². The third-order valence-electron chi connectivity index (χ3n) is 2.46. The van der Waals surface area contributed by atoms with Crippen LogP contribution in [0.1, 0.15) is 23.9 Å². The van der Waals surface area contributed by atoms with Gasteiger partial charge in [-0.15, -0.1) is 0 Å². The summed E-state index contributed by atoms with van der Waals surface area (Å²) >= 11 is 0. The van der Waals surface area contributed by atoms with E-state index in [9.17, 15) is 13.2 Å². The number of aromatic nitrogens is 1. The second-order valence-corrected chi connectivity index (χ2v) is 3.77. The van der Waals surface area contributed by atoms with E-state index in [1.807, 2.05) is 0 Å². The Balaban J connectivity index is 2.25. The zero-order valence-corrected chi connectivity index (χ0v) is 9.53. The van der Waals surface area contributed by atoms with Crippen LogP contribution in [0.2, 0.25) is 0 Å². The van der Waals surface area contributed by atoms with Gasteiger partial charge in [-0.2, -0.15) is 13.2 Å². The Kier molecular flexibility index (Phi) is 3.23. The first kappa shape index (κ1) is 12.4. The second-order valence-electron chi connectivity index (χ2n) is 3.77. The SMILES string of the molecule is CC(=Cc1ncco1)c1ccc(C(F)(F)F)cc1. The lowest BCUT2D eigenvalue weighted by molar-refractivity contribution is -0.137. The van der Waals surface area contributed by atoms with Crippen molar-refractivity contribution < 1.29 is 17.6 Å². The van der Waals surface area contributed by atoms with Gasteiger partial charge in [-0.05, 0) is 30.2 Å². The van der Waals surface area contributed by atoms with Crippen LogP contribution in [-0.4, -0.2) is 4.98 Å². The Morgan fingerprint density at radius 3 is 2.39 bits per heavy atom. The van der Waals surface area contributed by atoms with E-state index in [0.717, 1.165) is 17.7 Å². The number of rotatable bonds is 2. The van der Waals surface area contributed by atoms with Gasteiger partial charge in [0, 0.05) is 6.08 Å². The van der Waals surface area contributed by atoms with E-state index < -0.39 is 11.7 Å². The van der Waals surface area contributed by atoms with Crippen LogP contribution >= 0.6 is 0 Å². The van der Waals surface area contributed by atoms with Crippen molar-refractivity contribution in [3.8, 4) is 0 Å². The van der Waals surface area contributed by atoms with Crippen LogP contribution in [0.4, 0.5) is 13.2 Å². The first-order valence-electron chi connectivity index (χ1n) is 5.22. The fourth-order valence-corrected chi connectivity index (χ4v) is 1.50. The molecule has 0 amide bonds. The normalized spacial score (nSPS) is 12.8. The maximum absolute atomic E-state index is 12.4. The van der Waals surface area contributed by atoms with Crippen LogP contribution in [0, 0.1) is 0 Å². The van der Waals surface area contributed by atoms with Crippen LogP contribution in [0.15, 0.2) is 41.1 Å². The number of nitrogens with zero attached hydrogens (tertiary/aromatic N) is 1. The molecule has 5 heteroatoms. The molecule has 2 nitrogen and oxygen atoms in total. The minimum Gasteiger partial charge on any atom is -0.445 e. The fourth-order valence-electron chi connectivity index (χ4n) is 1.50. The van der Waals surface area contributed by atoms with Gasteiger partial charge in [0.25, 0.3) is 0 Å². The van der Waals surface area contributed by atoms with Gasteiger partial charge in [-0.3, -0.25) is 0 Å². The molecule has 0 aliphatic carbocycles. The monoisotopic (exact) mass is 253 g/mol. The third-order valence-corrected chi connectivity index (χ3v) is 2.46. The van der Waals surface area contributed by atoms with Gasteiger partial charge in [-0.25, -0.2) is 4.98 Å². The number of alkyl halides is 3. The molecule has 0 saturated heterocycles. The molecule has 0 atom stereocenters. The van der Waals surface area contributed by atoms with Crippen molar-refractivity contribution >= 4 is 11.6 Å². The molecule has 1 heterocycles. The molecule has 0 unspecified atom stereocenters. The molecule has 0 radical (unpaired) electrons. The highest BCUT2D eigenvalue weighted by atomic mass is 19.4. The molecular weight excluding hydrogens is 243 g/mol. The number of oxazole rings is 1. The van der Waals surface area contributed by atoms with E-state index >= 15 is 0 Å². The lowest BCUT2D eigenvalue weighted by atomic mass is 10.0. The van der Waals surface area contributed by atoms with Crippen molar-refractivity contribution in [2.24, 2.45) is 0 Å². The number of benzene rings is 1. The minimum atomic E-state index is -4.31. The van der Waals surface area contributed by atoms with Crippen molar-refractivity contribution in [2.75, 3.05) is 0 Å². The Morgan fingerprint density at radius 1 is 1.22 bits per heavy atom. The van der Waals surface area contributed by atoms with Gasteiger partial charge in [0.1, 0.15) is 6.26 Å². The number of allylic oxidation sites excluding steroid dienone is 1. The Morgan fingerprint density at radius 2 is 1.89 bits per heavy atom. The largest absolute Gasteiger partial charge is 0.445 e. The highest BCUT2D eigenvalue weighted by molar-refractivity contribution is 5.77. The van der Waals surface area contributed by atoms with Gasteiger partial charge in [0.15, 0.2) is 0 Å². The summed E-state index contributed by atoms with van der Waals surface area (Å²) in [5.74, 6) is 0.424. The van der Waals surface area contributed by atoms with Crippen LogP contribution in [-0.2, 0) is 6.18 Å². The highest BCUT2D eigenvalue weighted by Gasteiger charge is 2.29. The van der Waals surface area contributed by atoms with E-state index in [0.29, 0.717) is 11.5 Å². The molecule has 0 bridgehead atoms. The third kappa shape index (κ3) is 2.80. The highest BCUT2D eigenvalue weighted by Crippen LogP contribution is 2.30. The average Bonchev–Trinajstić information content (AvgIpc) is 2.81. The standard InChI is InChI=1S/C13H10F3NO/c1-9(8-12-17-6-7-18-12)10-2-4-11(5-3-10)13(14,15)16/h2-8H,1H3. The van der Waals surface area contributed by atoms with E-state index in [4.69, 9.17) is 4.42 Å². The zero-order valence-electron chi connectivity index (χ0n) is 9.53. The molecule has 0 aliphatic heterocycles. The van der Waals surface area contributed by atoms with Gasteiger partial charge in [0.2, 0.25) is 5.89 Å². The van der Waals surface area contributed by atoms with Crippen molar-refractivity contribution in [3.63, 3.8) is 0 Å². The Hall–Kier alpha value is -2.04. The average molecular weight is 253 g/mol. The molecule has 2 aromatic rings. The molecule has 18 heavy (non-hydrogen) atoms. The molecule has 94 valence electrons. The molecule has 0 N–H and O–H groups in total. The molecule has 1 aromatic heterocycles. The lowest BCUT2D eigenvalue weighted by Crippen LogP contribution is -2.04. The van der Waals surface area contributed by atoms with Crippen molar-refractivity contribution in [1.29, 1.82) is 0 Å². The molecule has 2 rings (SSSR count). The summed E-state index contributed by atoms with van der Waals surface area (Å²) in [4.78, 5) is 3.92. The lowest BCUT2D eigenvalue weighted by Gasteiger charge is -2.07.